The Bertz CT molecular complexity index is 993. The number of allylic oxidation sites excluding steroid dienone is 6. The third kappa shape index (κ3) is 42.8. The number of aliphatic hydroxyl groups is 2. The minimum atomic E-state index is -0.789. The summed E-state index contributed by atoms with van der Waals surface area (Å²) in [5.74, 6) is -0.482. The molecule has 0 spiro atoms. The second-order valence-corrected chi connectivity index (χ2v) is 17.9. The average Bonchev–Trinajstić information content (AvgIpc) is 3.24. The highest BCUT2D eigenvalue weighted by Gasteiger charge is 2.24. The minimum absolute atomic E-state index is 0.0710. The third-order valence-corrected chi connectivity index (χ3v) is 12.0. The number of carbonyl (C=O) groups excluding carboxylic acids is 2. The summed E-state index contributed by atoms with van der Waals surface area (Å²) in [5, 5.41) is 23.8. The Balaban J connectivity index is 4.59. The summed E-state index contributed by atoms with van der Waals surface area (Å²) in [5.41, 5.74) is 0. The van der Waals surface area contributed by atoms with Crippen LogP contribution < -0.4 is 5.32 Å². The molecule has 3 atom stereocenters. The Morgan fingerprint density at radius 1 is 0.500 bits per heavy atom. The molecule has 0 heterocycles. The maximum atomic E-state index is 13.2. The quantitative estimate of drug-likeness (QED) is 0.0322. The van der Waals surface area contributed by atoms with Gasteiger partial charge in [-0.2, -0.15) is 0 Å². The van der Waals surface area contributed by atoms with Crippen molar-refractivity contribution < 1.29 is 24.5 Å². The predicted octanol–water partition coefficient (Wildman–Crippen LogP) is 15.7. The molecule has 6 nitrogen and oxygen atoms in total. The van der Waals surface area contributed by atoms with Crippen LogP contribution in [0.2, 0.25) is 0 Å². The first-order chi connectivity index (χ1) is 29.5. The lowest BCUT2D eigenvalue weighted by atomic mass is 10.0. The van der Waals surface area contributed by atoms with Gasteiger partial charge in [-0.1, -0.05) is 218 Å². The fraction of sp³-hybridized carbons (Fsp3) is 0.852. The fourth-order valence-electron chi connectivity index (χ4n) is 7.99. The summed E-state index contributed by atoms with van der Waals surface area (Å²) in [6, 6.07) is -0.703. The Hall–Kier alpha value is -1.92. The number of amides is 1. The molecule has 0 aromatic carbocycles. The van der Waals surface area contributed by atoms with Gasteiger partial charge in [0.15, 0.2) is 0 Å². The Morgan fingerprint density at radius 2 is 0.900 bits per heavy atom. The van der Waals surface area contributed by atoms with Crippen LogP contribution in [0.3, 0.4) is 0 Å². The molecule has 0 aliphatic heterocycles. The highest BCUT2D eigenvalue weighted by atomic mass is 16.5. The maximum absolute atomic E-state index is 13.2. The van der Waals surface area contributed by atoms with E-state index in [2.05, 4.69) is 62.5 Å². The summed E-state index contributed by atoms with van der Waals surface area (Å²) in [6.45, 7) is 6.38. The zero-order valence-corrected chi connectivity index (χ0v) is 40.1. The predicted molar refractivity (Wildman–Crippen MR) is 259 cm³/mol. The number of carbonyl (C=O) groups is 2. The van der Waals surface area contributed by atoms with Gasteiger partial charge in [0.25, 0.3) is 0 Å². The Morgan fingerprint density at radius 3 is 1.37 bits per heavy atom. The lowest BCUT2D eigenvalue weighted by molar-refractivity contribution is -0.151. The molecule has 0 radical (unpaired) electrons. The van der Waals surface area contributed by atoms with Crippen LogP contribution in [0, 0.1) is 0 Å². The van der Waals surface area contributed by atoms with Crippen molar-refractivity contribution in [3.8, 4) is 0 Å². The van der Waals surface area contributed by atoms with E-state index in [1.807, 2.05) is 0 Å². The van der Waals surface area contributed by atoms with E-state index in [9.17, 15) is 19.8 Å². The molecule has 0 aliphatic carbocycles. The molecule has 60 heavy (non-hydrogen) atoms. The molecule has 0 saturated heterocycles. The van der Waals surface area contributed by atoms with Crippen LogP contribution in [-0.4, -0.2) is 46.9 Å². The zero-order chi connectivity index (χ0) is 43.8. The lowest BCUT2D eigenvalue weighted by Gasteiger charge is -2.24. The van der Waals surface area contributed by atoms with E-state index in [1.54, 1.807) is 0 Å². The number of ether oxygens (including phenoxy) is 1. The molecule has 0 aromatic heterocycles. The van der Waals surface area contributed by atoms with Gasteiger partial charge in [0, 0.05) is 6.42 Å². The van der Waals surface area contributed by atoms with Crippen LogP contribution in [0.5, 0.6) is 0 Å². The van der Waals surface area contributed by atoms with Crippen LogP contribution in [0.25, 0.3) is 0 Å². The van der Waals surface area contributed by atoms with E-state index in [-0.39, 0.29) is 24.9 Å². The van der Waals surface area contributed by atoms with Crippen molar-refractivity contribution in [1.82, 2.24) is 5.32 Å². The molecule has 0 bridgehead atoms. The summed E-state index contributed by atoms with van der Waals surface area (Å²) >= 11 is 0. The standard InChI is InChI=1S/C54H101NO5/c1-4-7-10-13-16-19-22-25-27-28-30-33-36-39-42-45-50(60-54(59)47-44-41-38-35-32-29-26-23-20-17-14-11-8-5-2)48-53(58)55-51(49-56)52(57)46-43-40-37-34-31-24-21-18-15-12-9-6-3/h8,11,17,20,25,27,50-52,56-57H,4-7,9-10,12-16,18-19,21-24,26,28-49H2,1-3H3,(H,55,58)/b11-8+,20-17+,27-25+. The molecule has 6 heteroatoms. The van der Waals surface area contributed by atoms with E-state index in [4.69, 9.17) is 4.74 Å². The highest BCUT2D eigenvalue weighted by molar-refractivity contribution is 5.77. The molecule has 3 unspecified atom stereocenters. The van der Waals surface area contributed by atoms with E-state index in [0.717, 1.165) is 83.5 Å². The van der Waals surface area contributed by atoms with Crippen molar-refractivity contribution in [2.45, 2.75) is 289 Å². The second kappa shape index (κ2) is 48.1. The van der Waals surface area contributed by atoms with Gasteiger partial charge in [0.05, 0.1) is 25.2 Å². The number of hydrogen-bond donors (Lipinski definition) is 3. The number of rotatable bonds is 47. The number of unbranched alkanes of at least 4 members (excludes halogenated alkanes) is 29. The summed E-state index contributed by atoms with van der Waals surface area (Å²) in [7, 11) is 0. The van der Waals surface area contributed by atoms with E-state index < -0.39 is 18.2 Å². The molecule has 352 valence electrons. The molecule has 1 amide bonds. The zero-order valence-electron chi connectivity index (χ0n) is 40.1. The normalized spacial score (nSPS) is 13.5. The summed E-state index contributed by atoms with van der Waals surface area (Å²) < 4.78 is 5.93. The van der Waals surface area contributed by atoms with Gasteiger partial charge < -0.3 is 20.3 Å². The lowest BCUT2D eigenvalue weighted by Crippen LogP contribution is -2.46. The summed E-state index contributed by atoms with van der Waals surface area (Å²) in [4.78, 5) is 26.1. The van der Waals surface area contributed by atoms with Crippen molar-refractivity contribution >= 4 is 11.9 Å². The third-order valence-electron chi connectivity index (χ3n) is 12.0. The molecular weight excluding hydrogens is 743 g/mol. The van der Waals surface area contributed by atoms with Crippen LogP contribution in [0.15, 0.2) is 36.5 Å². The first kappa shape index (κ1) is 58.1. The van der Waals surface area contributed by atoms with Crippen LogP contribution in [-0.2, 0) is 14.3 Å². The van der Waals surface area contributed by atoms with Gasteiger partial charge in [-0.05, 0) is 77.0 Å². The first-order valence-corrected chi connectivity index (χ1v) is 26.2. The van der Waals surface area contributed by atoms with Crippen molar-refractivity contribution in [3.05, 3.63) is 36.5 Å². The topological polar surface area (TPSA) is 95.9 Å². The number of nitrogens with one attached hydrogen (secondary N) is 1. The van der Waals surface area contributed by atoms with Gasteiger partial charge in [-0.25, -0.2) is 0 Å². The van der Waals surface area contributed by atoms with Crippen molar-refractivity contribution in [2.75, 3.05) is 6.61 Å². The Labute approximate surface area is 373 Å². The average molecular weight is 844 g/mol. The monoisotopic (exact) mass is 844 g/mol. The van der Waals surface area contributed by atoms with Gasteiger partial charge in [0.2, 0.25) is 5.91 Å². The maximum Gasteiger partial charge on any atom is 0.306 e. The summed E-state index contributed by atoms with van der Waals surface area (Å²) in [6.07, 6.45) is 56.3. The van der Waals surface area contributed by atoms with Gasteiger partial charge in [-0.3, -0.25) is 9.59 Å². The second-order valence-electron chi connectivity index (χ2n) is 17.9. The van der Waals surface area contributed by atoms with E-state index >= 15 is 0 Å². The molecule has 0 aromatic rings. The van der Waals surface area contributed by atoms with E-state index in [0.29, 0.717) is 19.3 Å². The highest BCUT2D eigenvalue weighted by Crippen LogP contribution is 2.18. The number of aliphatic hydroxyl groups excluding tert-OH is 2. The van der Waals surface area contributed by atoms with Crippen molar-refractivity contribution in [2.24, 2.45) is 0 Å². The number of esters is 1. The van der Waals surface area contributed by atoms with Gasteiger partial charge in [0.1, 0.15) is 6.10 Å². The molecule has 3 N–H and O–H groups in total. The first-order valence-electron chi connectivity index (χ1n) is 26.2. The smallest absolute Gasteiger partial charge is 0.306 e. The van der Waals surface area contributed by atoms with Gasteiger partial charge >= 0.3 is 5.97 Å². The molecule has 0 saturated carbocycles. The van der Waals surface area contributed by atoms with Gasteiger partial charge in [-0.15, -0.1) is 0 Å². The SMILES string of the molecule is CC/C=C/C/C=C/CCCCCCCCCC(=O)OC(CCCCCCC/C=C/CCCCCCCC)CC(=O)NC(CO)C(O)CCCCCCCCCCCCCC. The molecule has 0 rings (SSSR count). The van der Waals surface area contributed by atoms with Crippen LogP contribution >= 0.6 is 0 Å². The van der Waals surface area contributed by atoms with Crippen LogP contribution in [0.4, 0.5) is 0 Å². The molecular formula is C54H101NO5. The number of hydrogen-bond acceptors (Lipinski definition) is 5. The van der Waals surface area contributed by atoms with Crippen LogP contribution in [0.1, 0.15) is 271 Å². The Kier molecular flexibility index (Phi) is 46.6. The minimum Gasteiger partial charge on any atom is -0.462 e. The van der Waals surface area contributed by atoms with Crippen molar-refractivity contribution in [3.63, 3.8) is 0 Å². The van der Waals surface area contributed by atoms with Crippen molar-refractivity contribution in [1.29, 1.82) is 0 Å². The fourth-order valence-corrected chi connectivity index (χ4v) is 7.99. The molecule has 0 aliphatic rings. The molecule has 0 fully saturated rings. The largest absolute Gasteiger partial charge is 0.462 e. The van der Waals surface area contributed by atoms with E-state index in [1.165, 1.54) is 141 Å².